The van der Waals surface area contributed by atoms with Crippen molar-refractivity contribution in [3.63, 3.8) is 0 Å². The molecule has 19 heavy (non-hydrogen) atoms. The number of nitrogens with two attached hydrogens (primary N) is 2. The fraction of sp³-hybridized carbons (Fsp3) is 0.500. The average Bonchev–Trinajstić information content (AvgIpc) is 2.78. The van der Waals surface area contributed by atoms with Crippen LogP contribution in [0.3, 0.4) is 0 Å². The van der Waals surface area contributed by atoms with E-state index in [9.17, 15) is 8.78 Å². The van der Waals surface area contributed by atoms with Crippen molar-refractivity contribution in [3.05, 3.63) is 18.0 Å². The number of guanidine groups is 1. The zero-order valence-corrected chi connectivity index (χ0v) is 10.5. The summed E-state index contributed by atoms with van der Waals surface area (Å²) in [5.74, 6) is -1.29. The maximum atomic E-state index is 12.6. The zero-order chi connectivity index (χ0) is 14.3. The number of hydrogen-bond donors (Lipinski definition) is 3. The normalized spacial score (nSPS) is 23.4. The van der Waals surface area contributed by atoms with Gasteiger partial charge in [0.25, 0.3) is 0 Å². The highest BCUT2D eigenvalue weighted by atomic mass is 19.3. The van der Waals surface area contributed by atoms with Crippen LogP contribution in [0.4, 0.5) is 8.78 Å². The minimum absolute atomic E-state index is 0.110. The van der Waals surface area contributed by atoms with Gasteiger partial charge in [0.05, 0.1) is 17.4 Å². The molecular formula is C10H15F2N7. The lowest BCUT2D eigenvalue weighted by atomic mass is 9.82. The lowest BCUT2D eigenvalue weighted by Crippen LogP contribution is -2.57. The summed E-state index contributed by atoms with van der Waals surface area (Å²) in [7, 11) is 0. The van der Waals surface area contributed by atoms with Crippen molar-refractivity contribution in [3.8, 4) is 0 Å². The molecule has 0 amide bonds. The summed E-state index contributed by atoms with van der Waals surface area (Å²) in [5.41, 5.74) is 11.1. The summed E-state index contributed by atoms with van der Waals surface area (Å²) < 4.78 is 25.7. The summed E-state index contributed by atoms with van der Waals surface area (Å²) in [6, 6.07) is 1.46. The van der Waals surface area contributed by atoms with Crippen molar-refractivity contribution < 1.29 is 8.78 Å². The molecule has 1 aliphatic rings. The summed E-state index contributed by atoms with van der Waals surface area (Å²) >= 11 is 0. The molecule has 1 atom stereocenters. The standard InChI is InChI=1S/C10H15F2N7/c1-9(2,6-3-4-19(18-6)7(11)12)10(14)16-5-15-8(13)17-10/h3-5,7H,14H2,1-2H3,(H3,13,15,16,17). The van der Waals surface area contributed by atoms with Crippen molar-refractivity contribution in [2.24, 2.45) is 21.5 Å². The van der Waals surface area contributed by atoms with Gasteiger partial charge in [-0.25, -0.2) is 14.7 Å². The molecule has 1 aromatic rings. The molecule has 7 nitrogen and oxygen atoms in total. The molecule has 0 bridgehead atoms. The Balaban J connectivity index is 2.40. The zero-order valence-electron chi connectivity index (χ0n) is 10.5. The van der Waals surface area contributed by atoms with Gasteiger partial charge in [0.15, 0.2) is 5.96 Å². The Morgan fingerprint density at radius 1 is 1.47 bits per heavy atom. The Labute approximate surface area is 108 Å². The highest BCUT2D eigenvalue weighted by molar-refractivity contribution is 5.90. The number of nitrogens with zero attached hydrogens (tertiary/aromatic N) is 4. The largest absolute Gasteiger partial charge is 0.370 e. The molecule has 2 rings (SSSR count). The molecule has 9 heteroatoms. The Morgan fingerprint density at radius 3 is 2.68 bits per heavy atom. The molecule has 0 fully saturated rings. The first-order valence-electron chi connectivity index (χ1n) is 5.54. The molecule has 0 aliphatic carbocycles. The predicted octanol–water partition coefficient (Wildman–Crippen LogP) is 0.115. The quantitative estimate of drug-likeness (QED) is 0.725. The molecule has 0 spiro atoms. The van der Waals surface area contributed by atoms with Crippen LogP contribution in [0.2, 0.25) is 0 Å². The van der Waals surface area contributed by atoms with Crippen LogP contribution >= 0.6 is 0 Å². The number of aliphatic imine (C=N–C) groups is 2. The summed E-state index contributed by atoms with van der Waals surface area (Å²) in [4.78, 5) is 8.09. The second kappa shape index (κ2) is 4.26. The first-order chi connectivity index (χ1) is 8.76. The summed E-state index contributed by atoms with van der Waals surface area (Å²) in [5, 5.41) is 6.40. The lowest BCUT2D eigenvalue weighted by molar-refractivity contribution is 0.0552. The predicted molar refractivity (Wildman–Crippen MR) is 66.7 cm³/mol. The maximum absolute atomic E-state index is 12.6. The summed E-state index contributed by atoms with van der Waals surface area (Å²) in [6.07, 6.45) is 2.51. The number of halogens is 2. The van der Waals surface area contributed by atoms with E-state index in [0.29, 0.717) is 10.4 Å². The third kappa shape index (κ3) is 2.16. The number of aromatic nitrogens is 2. The van der Waals surface area contributed by atoms with Gasteiger partial charge in [0.2, 0.25) is 5.79 Å². The average molecular weight is 271 g/mol. The second-order valence-electron chi connectivity index (χ2n) is 4.71. The van der Waals surface area contributed by atoms with Gasteiger partial charge in [-0.3, -0.25) is 5.73 Å². The van der Waals surface area contributed by atoms with E-state index < -0.39 is 17.8 Å². The van der Waals surface area contributed by atoms with Crippen LogP contribution in [0.1, 0.15) is 26.1 Å². The van der Waals surface area contributed by atoms with Crippen molar-refractivity contribution in [1.29, 1.82) is 0 Å². The molecule has 104 valence electrons. The molecular weight excluding hydrogens is 256 g/mol. The number of alkyl halides is 2. The fourth-order valence-electron chi connectivity index (χ4n) is 1.71. The molecule has 0 saturated carbocycles. The Bertz CT molecular complexity index is 534. The Kier molecular flexibility index (Phi) is 3.01. The van der Waals surface area contributed by atoms with Crippen molar-refractivity contribution in [2.45, 2.75) is 31.6 Å². The first kappa shape index (κ1) is 13.4. The van der Waals surface area contributed by atoms with Crippen LogP contribution in [0.25, 0.3) is 0 Å². The topological polar surface area (TPSA) is 107 Å². The minimum Gasteiger partial charge on any atom is -0.370 e. The fourth-order valence-corrected chi connectivity index (χ4v) is 1.71. The van der Waals surface area contributed by atoms with Crippen LogP contribution < -0.4 is 16.8 Å². The van der Waals surface area contributed by atoms with E-state index in [0.717, 1.165) is 0 Å². The SMILES string of the molecule is CC(C)(c1ccn(C(F)F)n1)C1(N)N=CNC(N)=N1. The molecule has 1 aliphatic heterocycles. The van der Waals surface area contributed by atoms with E-state index in [1.807, 2.05) is 0 Å². The van der Waals surface area contributed by atoms with Gasteiger partial charge in [0, 0.05) is 6.20 Å². The molecule has 2 heterocycles. The van der Waals surface area contributed by atoms with Crippen LogP contribution in [0.5, 0.6) is 0 Å². The van der Waals surface area contributed by atoms with Gasteiger partial charge >= 0.3 is 6.55 Å². The van der Waals surface area contributed by atoms with Crippen LogP contribution in [-0.4, -0.2) is 27.9 Å². The lowest BCUT2D eigenvalue weighted by Gasteiger charge is -2.37. The smallest absolute Gasteiger partial charge is 0.333 e. The van der Waals surface area contributed by atoms with Gasteiger partial charge in [-0.2, -0.15) is 13.9 Å². The van der Waals surface area contributed by atoms with Crippen molar-refractivity contribution in [1.82, 2.24) is 15.1 Å². The molecule has 1 aromatic heterocycles. The van der Waals surface area contributed by atoms with Crippen LogP contribution in [0.15, 0.2) is 22.2 Å². The van der Waals surface area contributed by atoms with E-state index >= 15 is 0 Å². The highest BCUT2D eigenvalue weighted by Gasteiger charge is 2.46. The molecule has 0 radical (unpaired) electrons. The van der Waals surface area contributed by atoms with Crippen LogP contribution in [0, 0.1) is 0 Å². The molecule has 0 aromatic carbocycles. The van der Waals surface area contributed by atoms with E-state index in [1.54, 1.807) is 13.8 Å². The Hall–Kier alpha value is -2.03. The number of rotatable bonds is 3. The Morgan fingerprint density at radius 2 is 2.16 bits per heavy atom. The number of nitrogens with one attached hydrogen (secondary N) is 1. The van der Waals surface area contributed by atoms with E-state index in [2.05, 4.69) is 20.4 Å². The molecule has 1 unspecified atom stereocenters. The van der Waals surface area contributed by atoms with Gasteiger partial charge in [-0.1, -0.05) is 0 Å². The van der Waals surface area contributed by atoms with Gasteiger partial charge < -0.3 is 11.1 Å². The third-order valence-electron chi connectivity index (χ3n) is 3.13. The van der Waals surface area contributed by atoms with Gasteiger partial charge in [-0.05, 0) is 19.9 Å². The molecule has 5 N–H and O–H groups in total. The minimum atomic E-state index is -2.71. The van der Waals surface area contributed by atoms with Crippen molar-refractivity contribution >= 4 is 12.3 Å². The van der Waals surface area contributed by atoms with E-state index in [4.69, 9.17) is 11.5 Å². The highest BCUT2D eigenvalue weighted by Crippen LogP contribution is 2.35. The van der Waals surface area contributed by atoms with Gasteiger partial charge in [-0.15, -0.1) is 0 Å². The molecule has 0 saturated heterocycles. The van der Waals surface area contributed by atoms with E-state index in [-0.39, 0.29) is 5.96 Å². The third-order valence-corrected chi connectivity index (χ3v) is 3.13. The van der Waals surface area contributed by atoms with Gasteiger partial charge in [0.1, 0.15) is 0 Å². The summed E-state index contributed by atoms with van der Waals surface area (Å²) in [6.45, 7) is 0.721. The van der Waals surface area contributed by atoms with Crippen molar-refractivity contribution in [2.75, 3.05) is 0 Å². The monoisotopic (exact) mass is 271 g/mol. The maximum Gasteiger partial charge on any atom is 0.333 e. The second-order valence-corrected chi connectivity index (χ2v) is 4.71. The number of hydrogen-bond acceptors (Lipinski definition) is 6. The van der Waals surface area contributed by atoms with E-state index in [1.165, 1.54) is 18.6 Å². The van der Waals surface area contributed by atoms with Crippen LogP contribution in [-0.2, 0) is 5.41 Å². The first-order valence-corrected chi connectivity index (χ1v) is 5.54.